The summed E-state index contributed by atoms with van der Waals surface area (Å²) < 4.78 is 10.5. The van der Waals surface area contributed by atoms with E-state index in [0.29, 0.717) is 23.3 Å². The van der Waals surface area contributed by atoms with Gasteiger partial charge in [0.2, 0.25) is 0 Å². The number of hydrogen-bond acceptors (Lipinski definition) is 3. The lowest BCUT2D eigenvalue weighted by molar-refractivity contribution is 0.165. The van der Waals surface area contributed by atoms with Gasteiger partial charge in [-0.05, 0) is 18.6 Å². The molecule has 3 nitrogen and oxygen atoms in total. The Morgan fingerprint density at radius 2 is 2.20 bits per heavy atom. The van der Waals surface area contributed by atoms with E-state index >= 15 is 0 Å². The smallest absolute Gasteiger partial charge is 0.193 e. The van der Waals surface area contributed by atoms with Gasteiger partial charge in [0.1, 0.15) is 18.0 Å². The van der Waals surface area contributed by atoms with Gasteiger partial charge in [-0.3, -0.25) is 4.79 Å². The maximum absolute atomic E-state index is 11.8. The zero-order valence-electron chi connectivity index (χ0n) is 8.74. The van der Waals surface area contributed by atoms with Crippen molar-refractivity contribution in [2.24, 2.45) is 0 Å². The highest BCUT2D eigenvalue weighted by atomic mass is 16.5. The van der Waals surface area contributed by atoms with Crippen LogP contribution in [0, 0.1) is 6.92 Å². The average molecular weight is 204 g/mol. The van der Waals surface area contributed by atoms with E-state index in [1.807, 2.05) is 19.1 Å². The molecule has 1 heterocycles. The Bertz CT molecular complexity index is 540. The summed E-state index contributed by atoms with van der Waals surface area (Å²) in [5.41, 5.74) is 1.54. The van der Waals surface area contributed by atoms with Crippen molar-refractivity contribution in [3.05, 3.63) is 45.8 Å². The van der Waals surface area contributed by atoms with Crippen LogP contribution in [0.25, 0.3) is 11.0 Å². The van der Waals surface area contributed by atoms with E-state index in [9.17, 15) is 4.79 Å². The highest BCUT2D eigenvalue weighted by molar-refractivity contribution is 5.79. The fraction of sp³-hybridized carbons (Fsp3) is 0.250. The molecule has 0 aliphatic heterocycles. The van der Waals surface area contributed by atoms with Crippen LogP contribution >= 0.6 is 0 Å². The molecule has 3 heteroatoms. The topological polar surface area (TPSA) is 39.4 Å². The number of methoxy groups -OCH3 is 1. The summed E-state index contributed by atoms with van der Waals surface area (Å²) in [6.07, 6.45) is 0. The highest BCUT2D eigenvalue weighted by Gasteiger charge is 2.06. The SMILES string of the molecule is COCc1cc(=O)c2c(C)cccc2o1. The second-order valence-corrected chi connectivity index (χ2v) is 3.46. The lowest BCUT2D eigenvalue weighted by Crippen LogP contribution is -2.04. The molecule has 0 saturated heterocycles. The molecule has 0 unspecified atom stereocenters. The summed E-state index contributed by atoms with van der Waals surface area (Å²) in [7, 11) is 1.57. The van der Waals surface area contributed by atoms with E-state index in [1.165, 1.54) is 6.07 Å². The largest absolute Gasteiger partial charge is 0.458 e. The number of fused-ring (bicyclic) bond motifs is 1. The van der Waals surface area contributed by atoms with Crippen LogP contribution in [0.15, 0.2) is 33.5 Å². The predicted octanol–water partition coefficient (Wildman–Crippen LogP) is 2.25. The minimum absolute atomic E-state index is 0.0126. The van der Waals surface area contributed by atoms with Gasteiger partial charge in [-0.2, -0.15) is 0 Å². The van der Waals surface area contributed by atoms with Gasteiger partial charge >= 0.3 is 0 Å². The van der Waals surface area contributed by atoms with Gasteiger partial charge in [-0.15, -0.1) is 0 Å². The number of ether oxygens (including phenoxy) is 1. The third-order valence-electron chi connectivity index (χ3n) is 2.30. The lowest BCUT2D eigenvalue weighted by Gasteiger charge is -2.03. The van der Waals surface area contributed by atoms with Crippen molar-refractivity contribution in [1.82, 2.24) is 0 Å². The normalized spacial score (nSPS) is 10.8. The first-order valence-electron chi connectivity index (χ1n) is 4.73. The van der Waals surface area contributed by atoms with Crippen LogP contribution in [-0.4, -0.2) is 7.11 Å². The molecule has 78 valence electrons. The quantitative estimate of drug-likeness (QED) is 0.753. The molecule has 0 atom stereocenters. The molecule has 2 rings (SSSR count). The molecular formula is C12H12O3. The monoisotopic (exact) mass is 204 g/mol. The zero-order valence-corrected chi connectivity index (χ0v) is 8.74. The second kappa shape index (κ2) is 3.87. The molecule has 0 amide bonds. The van der Waals surface area contributed by atoms with Gasteiger partial charge < -0.3 is 9.15 Å². The predicted molar refractivity (Wildman–Crippen MR) is 57.9 cm³/mol. The van der Waals surface area contributed by atoms with E-state index in [4.69, 9.17) is 9.15 Å². The Kier molecular flexibility index (Phi) is 2.56. The Hall–Kier alpha value is -1.61. The fourth-order valence-electron chi connectivity index (χ4n) is 1.64. The average Bonchev–Trinajstić information content (AvgIpc) is 2.17. The molecular weight excluding hydrogens is 192 g/mol. The van der Waals surface area contributed by atoms with Crippen LogP contribution in [0.4, 0.5) is 0 Å². The summed E-state index contributed by atoms with van der Waals surface area (Å²) in [5, 5.41) is 0.650. The van der Waals surface area contributed by atoms with E-state index in [1.54, 1.807) is 13.2 Å². The lowest BCUT2D eigenvalue weighted by atomic mass is 10.1. The maximum atomic E-state index is 11.8. The Labute approximate surface area is 87.3 Å². The zero-order chi connectivity index (χ0) is 10.8. The molecule has 0 radical (unpaired) electrons. The summed E-state index contributed by atoms with van der Waals surface area (Å²) in [6, 6.07) is 7.05. The molecule has 0 N–H and O–H groups in total. The number of benzene rings is 1. The van der Waals surface area contributed by atoms with E-state index < -0.39 is 0 Å². The standard InChI is InChI=1S/C12H12O3/c1-8-4-3-5-11-12(8)10(13)6-9(15-11)7-14-2/h3-6H,7H2,1-2H3. The summed E-state index contributed by atoms with van der Waals surface area (Å²) in [4.78, 5) is 11.8. The van der Waals surface area contributed by atoms with Gasteiger partial charge in [0, 0.05) is 13.2 Å². The Morgan fingerprint density at radius 1 is 1.40 bits per heavy atom. The van der Waals surface area contributed by atoms with Crippen LogP contribution < -0.4 is 5.43 Å². The molecule has 0 aliphatic carbocycles. The number of hydrogen-bond donors (Lipinski definition) is 0. The molecule has 15 heavy (non-hydrogen) atoms. The van der Waals surface area contributed by atoms with Crippen molar-refractivity contribution in [3.8, 4) is 0 Å². The van der Waals surface area contributed by atoms with E-state index in [2.05, 4.69) is 0 Å². The van der Waals surface area contributed by atoms with Crippen molar-refractivity contribution < 1.29 is 9.15 Å². The Morgan fingerprint density at radius 3 is 2.93 bits per heavy atom. The molecule has 0 saturated carbocycles. The number of aryl methyl sites for hydroxylation is 1. The maximum Gasteiger partial charge on any atom is 0.193 e. The van der Waals surface area contributed by atoms with Crippen LogP contribution in [0.3, 0.4) is 0 Å². The molecule has 1 aromatic carbocycles. The van der Waals surface area contributed by atoms with Gasteiger partial charge in [-0.25, -0.2) is 0 Å². The summed E-state index contributed by atoms with van der Waals surface area (Å²) >= 11 is 0. The first-order chi connectivity index (χ1) is 7.22. The van der Waals surface area contributed by atoms with Gasteiger partial charge in [-0.1, -0.05) is 12.1 Å². The van der Waals surface area contributed by atoms with Crippen molar-refractivity contribution in [2.45, 2.75) is 13.5 Å². The minimum Gasteiger partial charge on any atom is -0.458 e. The molecule has 2 aromatic rings. The highest BCUT2D eigenvalue weighted by Crippen LogP contribution is 2.16. The van der Waals surface area contributed by atoms with Crippen LogP contribution in [0.1, 0.15) is 11.3 Å². The fourth-order valence-corrected chi connectivity index (χ4v) is 1.64. The molecule has 0 spiro atoms. The third kappa shape index (κ3) is 1.78. The van der Waals surface area contributed by atoms with E-state index in [0.717, 1.165) is 5.56 Å². The summed E-state index contributed by atoms with van der Waals surface area (Å²) in [6.45, 7) is 2.22. The summed E-state index contributed by atoms with van der Waals surface area (Å²) in [5.74, 6) is 0.556. The minimum atomic E-state index is -0.0126. The van der Waals surface area contributed by atoms with Gasteiger partial charge in [0.25, 0.3) is 0 Å². The van der Waals surface area contributed by atoms with Crippen LogP contribution in [-0.2, 0) is 11.3 Å². The number of rotatable bonds is 2. The molecule has 0 bridgehead atoms. The van der Waals surface area contributed by atoms with Crippen molar-refractivity contribution in [3.63, 3.8) is 0 Å². The first-order valence-corrected chi connectivity index (χ1v) is 4.73. The van der Waals surface area contributed by atoms with Crippen molar-refractivity contribution in [1.29, 1.82) is 0 Å². The van der Waals surface area contributed by atoms with Crippen LogP contribution in [0.2, 0.25) is 0 Å². The van der Waals surface area contributed by atoms with Crippen molar-refractivity contribution in [2.75, 3.05) is 7.11 Å². The second-order valence-electron chi connectivity index (χ2n) is 3.46. The Balaban J connectivity index is 2.73. The van der Waals surface area contributed by atoms with Crippen LogP contribution in [0.5, 0.6) is 0 Å². The third-order valence-corrected chi connectivity index (χ3v) is 2.30. The van der Waals surface area contributed by atoms with Crippen molar-refractivity contribution >= 4 is 11.0 Å². The molecule has 1 aromatic heterocycles. The van der Waals surface area contributed by atoms with Gasteiger partial charge in [0.05, 0.1) is 5.39 Å². The first kappa shape index (κ1) is 9.93. The molecule has 0 fully saturated rings. The van der Waals surface area contributed by atoms with E-state index in [-0.39, 0.29) is 5.43 Å². The van der Waals surface area contributed by atoms with Gasteiger partial charge in [0.15, 0.2) is 5.43 Å². The molecule has 0 aliphatic rings.